The first kappa shape index (κ1) is 14.6. The Hall–Kier alpha value is -1.49. The van der Waals surface area contributed by atoms with Gasteiger partial charge < -0.3 is 16.3 Å². The summed E-state index contributed by atoms with van der Waals surface area (Å²) < 4.78 is 13.1. The lowest BCUT2D eigenvalue weighted by molar-refractivity contribution is 0.306. The van der Waals surface area contributed by atoms with E-state index < -0.39 is 5.41 Å². The van der Waals surface area contributed by atoms with Crippen molar-refractivity contribution in [2.75, 3.05) is 11.9 Å². The molecule has 0 aliphatic heterocycles. The van der Waals surface area contributed by atoms with Crippen molar-refractivity contribution in [2.24, 2.45) is 16.3 Å². The van der Waals surface area contributed by atoms with E-state index in [4.69, 9.17) is 22.5 Å². The molecule has 0 amide bonds. The molecule has 1 aromatic carbocycles. The van der Waals surface area contributed by atoms with Crippen LogP contribution in [-0.4, -0.2) is 17.6 Å². The summed E-state index contributed by atoms with van der Waals surface area (Å²) in [5, 5.41) is 15.0. The minimum atomic E-state index is -0.432. The minimum absolute atomic E-state index is 0.168. The van der Waals surface area contributed by atoms with Gasteiger partial charge in [-0.25, -0.2) is 4.39 Å². The van der Waals surface area contributed by atoms with E-state index in [2.05, 4.69) is 10.5 Å². The molecule has 6 heteroatoms. The van der Waals surface area contributed by atoms with Gasteiger partial charge in [0, 0.05) is 22.7 Å². The molecule has 0 radical (unpaired) electrons. The summed E-state index contributed by atoms with van der Waals surface area (Å²) in [5.74, 6) is -0.220. The molecule has 0 aliphatic carbocycles. The smallest absolute Gasteiger partial charge is 0.144 e. The zero-order valence-electron chi connectivity index (χ0n) is 10.4. The van der Waals surface area contributed by atoms with Crippen molar-refractivity contribution >= 4 is 23.1 Å². The van der Waals surface area contributed by atoms with Crippen LogP contribution in [0.15, 0.2) is 23.4 Å². The van der Waals surface area contributed by atoms with Crippen LogP contribution in [-0.2, 0) is 0 Å². The molecule has 4 N–H and O–H groups in total. The lowest BCUT2D eigenvalue weighted by Crippen LogP contribution is -2.33. The van der Waals surface area contributed by atoms with Crippen molar-refractivity contribution < 1.29 is 9.60 Å². The first-order valence-electron chi connectivity index (χ1n) is 5.53. The van der Waals surface area contributed by atoms with Crippen LogP contribution >= 0.6 is 11.6 Å². The zero-order chi connectivity index (χ0) is 13.8. The van der Waals surface area contributed by atoms with Crippen LogP contribution in [0.1, 0.15) is 20.3 Å². The third kappa shape index (κ3) is 4.07. The molecule has 4 nitrogen and oxygen atoms in total. The fraction of sp³-hybridized carbons (Fsp3) is 0.417. The number of oxime groups is 1. The van der Waals surface area contributed by atoms with Gasteiger partial charge in [0.05, 0.1) is 0 Å². The van der Waals surface area contributed by atoms with E-state index in [1.165, 1.54) is 12.1 Å². The van der Waals surface area contributed by atoms with Crippen LogP contribution in [0.5, 0.6) is 0 Å². The Balaban J connectivity index is 2.56. The number of benzene rings is 1. The van der Waals surface area contributed by atoms with E-state index in [9.17, 15) is 4.39 Å². The average molecular weight is 274 g/mol. The van der Waals surface area contributed by atoms with Crippen LogP contribution in [0.25, 0.3) is 0 Å². The second-order valence-electron chi connectivity index (χ2n) is 4.70. The lowest BCUT2D eigenvalue weighted by atomic mass is 9.88. The van der Waals surface area contributed by atoms with Gasteiger partial charge in [-0.3, -0.25) is 0 Å². The van der Waals surface area contributed by atoms with Crippen LogP contribution in [0.3, 0.4) is 0 Å². The number of rotatable bonds is 5. The number of amidine groups is 1. The normalized spacial score (nSPS) is 12.6. The number of hydrogen-bond donors (Lipinski definition) is 3. The summed E-state index contributed by atoms with van der Waals surface area (Å²) in [6.45, 7) is 4.29. The molecule has 0 heterocycles. The Morgan fingerprint density at radius 2 is 2.17 bits per heavy atom. The van der Waals surface area contributed by atoms with Gasteiger partial charge in [-0.05, 0) is 24.6 Å². The highest BCUT2D eigenvalue weighted by atomic mass is 35.5. The van der Waals surface area contributed by atoms with Crippen molar-refractivity contribution in [2.45, 2.75) is 20.3 Å². The van der Waals surface area contributed by atoms with E-state index in [-0.39, 0.29) is 11.7 Å². The van der Waals surface area contributed by atoms with Crippen molar-refractivity contribution in [3.63, 3.8) is 0 Å². The molecule has 0 spiro atoms. The maximum absolute atomic E-state index is 13.1. The van der Waals surface area contributed by atoms with E-state index in [1.54, 1.807) is 6.07 Å². The van der Waals surface area contributed by atoms with Crippen LogP contribution in [0.4, 0.5) is 10.1 Å². The van der Waals surface area contributed by atoms with Gasteiger partial charge in [0.2, 0.25) is 0 Å². The summed E-state index contributed by atoms with van der Waals surface area (Å²) in [5.41, 5.74) is 5.74. The van der Waals surface area contributed by atoms with Gasteiger partial charge in [-0.1, -0.05) is 30.6 Å². The van der Waals surface area contributed by atoms with Crippen LogP contribution in [0.2, 0.25) is 5.02 Å². The minimum Gasteiger partial charge on any atom is -0.409 e. The predicted octanol–water partition coefficient (Wildman–Crippen LogP) is 3.05. The van der Waals surface area contributed by atoms with E-state index in [0.717, 1.165) is 0 Å². The molecule has 100 valence electrons. The number of halogens is 2. The van der Waals surface area contributed by atoms with Gasteiger partial charge >= 0.3 is 0 Å². The molecule has 0 saturated heterocycles. The van der Waals surface area contributed by atoms with Gasteiger partial charge in [-0.15, -0.1) is 0 Å². The van der Waals surface area contributed by atoms with Gasteiger partial charge in [-0.2, -0.15) is 0 Å². The molecule has 1 aromatic rings. The molecule has 1 rings (SSSR count). The van der Waals surface area contributed by atoms with E-state index in [0.29, 0.717) is 23.7 Å². The second-order valence-corrected chi connectivity index (χ2v) is 5.14. The second kappa shape index (κ2) is 5.91. The third-order valence-corrected chi connectivity index (χ3v) is 2.96. The number of nitrogens with zero attached hydrogens (tertiary/aromatic N) is 1. The SMILES string of the molecule is CC(C)(CCNc1cc(F)cc(Cl)c1)/C(N)=N/O. The summed E-state index contributed by atoms with van der Waals surface area (Å²) in [6, 6.07) is 4.25. The quantitative estimate of drug-likeness (QED) is 0.334. The standard InChI is InChI=1S/C12H17ClFN3O/c1-12(2,11(15)17-18)3-4-16-10-6-8(13)5-9(14)7-10/h5-7,16,18H,3-4H2,1-2H3,(H2,15,17). The number of hydrogen-bond acceptors (Lipinski definition) is 3. The summed E-state index contributed by atoms with van der Waals surface area (Å²) in [7, 11) is 0. The molecule has 0 aromatic heterocycles. The summed E-state index contributed by atoms with van der Waals surface area (Å²) in [6.07, 6.45) is 0.636. The number of nitrogens with one attached hydrogen (secondary N) is 1. The molecule has 18 heavy (non-hydrogen) atoms. The number of anilines is 1. The highest BCUT2D eigenvalue weighted by Crippen LogP contribution is 2.22. The predicted molar refractivity (Wildman–Crippen MR) is 71.7 cm³/mol. The molecular formula is C12H17ClFN3O. The zero-order valence-corrected chi connectivity index (χ0v) is 11.1. The average Bonchev–Trinajstić information content (AvgIpc) is 2.26. The van der Waals surface area contributed by atoms with E-state index >= 15 is 0 Å². The van der Waals surface area contributed by atoms with Crippen molar-refractivity contribution in [3.8, 4) is 0 Å². The molecular weight excluding hydrogens is 257 g/mol. The molecule has 0 unspecified atom stereocenters. The Bertz CT molecular complexity index is 429. The van der Waals surface area contributed by atoms with Crippen molar-refractivity contribution in [1.82, 2.24) is 0 Å². The van der Waals surface area contributed by atoms with Crippen LogP contribution in [0, 0.1) is 11.2 Å². The largest absolute Gasteiger partial charge is 0.409 e. The Morgan fingerprint density at radius 3 is 2.72 bits per heavy atom. The highest BCUT2D eigenvalue weighted by molar-refractivity contribution is 6.30. The summed E-state index contributed by atoms with van der Waals surface area (Å²) >= 11 is 5.74. The monoisotopic (exact) mass is 273 g/mol. The van der Waals surface area contributed by atoms with Crippen molar-refractivity contribution in [1.29, 1.82) is 0 Å². The van der Waals surface area contributed by atoms with E-state index in [1.807, 2.05) is 13.8 Å². The molecule has 0 saturated carbocycles. The topological polar surface area (TPSA) is 70.6 Å². The number of nitrogens with two attached hydrogens (primary N) is 1. The third-order valence-electron chi connectivity index (χ3n) is 2.74. The molecule has 0 fully saturated rings. The first-order chi connectivity index (χ1) is 8.35. The Labute approximate surface area is 111 Å². The highest BCUT2D eigenvalue weighted by Gasteiger charge is 2.22. The van der Waals surface area contributed by atoms with Gasteiger partial charge in [0.25, 0.3) is 0 Å². The molecule has 0 bridgehead atoms. The molecule has 0 aliphatic rings. The fourth-order valence-electron chi connectivity index (χ4n) is 1.44. The van der Waals surface area contributed by atoms with Crippen LogP contribution < -0.4 is 11.1 Å². The fourth-order valence-corrected chi connectivity index (χ4v) is 1.66. The van der Waals surface area contributed by atoms with Crippen molar-refractivity contribution in [3.05, 3.63) is 29.0 Å². The molecule has 0 atom stereocenters. The summed E-state index contributed by atoms with van der Waals surface area (Å²) in [4.78, 5) is 0. The maximum Gasteiger partial charge on any atom is 0.144 e. The van der Waals surface area contributed by atoms with Gasteiger partial charge in [0.1, 0.15) is 11.7 Å². The van der Waals surface area contributed by atoms with Gasteiger partial charge in [0.15, 0.2) is 0 Å². The Kier molecular flexibility index (Phi) is 4.78. The lowest BCUT2D eigenvalue weighted by Gasteiger charge is -2.23. The first-order valence-corrected chi connectivity index (χ1v) is 5.91. The Morgan fingerprint density at radius 1 is 1.50 bits per heavy atom. The maximum atomic E-state index is 13.1.